The largest absolute Gasteiger partial charge is 0.334 e. The zero-order valence-electron chi connectivity index (χ0n) is 13.6. The molecule has 1 fully saturated rings. The zero-order chi connectivity index (χ0) is 17.3. The van der Waals surface area contributed by atoms with Crippen LogP contribution in [0.4, 0.5) is 10.5 Å². The van der Waals surface area contributed by atoms with Gasteiger partial charge < -0.3 is 10.6 Å². The maximum atomic E-state index is 12.2. The number of hydrogen-bond donors (Lipinski definition) is 2. The van der Waals surface area contributed by atoms with E-state index in [-0.39, 0.29) is 12.1 Å². The van der Waals surface area contributed by atoms with E-state index in [1.54, 1.807) is 11.3 Å². The van der Waals surface area contributed by atoms with Gasteiger partial charge in [0.1, 0.15) is 0 Å². The van der Waals surface area contributed by atoms with E-state index >= 15 is 0 Å². The summed E-state index contributed by atoms with van der Waals surface area (Å²) in [6, 6.07) is 5.08. The molecule has 1 aliphatic heterocycles. The molecule has 3 rings (SSSR count). The highest BCUT2D eigenvalue weighted by Gasteiger charge is 2.26. The number of anilines is 1. The number of amides is 2. The summed E-state index contributed by atoms with van der Waals surface area (Å²) in [6.07, 6.45) is 2.71. The van der Waals surface area contributed by atoms with E-state index in [9.17, 15) is 13.2 Å². The minimum Gasteiger partial charge on any atom is -0.334 e. The van der Waals surface area contributed by atoms with Crippen molar-refractivity contribution < 1.29 is 13.2 Å². The van der Waals surface area contributed by atoms with Gasteiger partial charge in [0.15, 0.2) is 0 Å². The van der Waals surface area contributed by atoms with Gasteiger partial charge in [-0.05, 0) is 38.0 Å². The minimum absolute atomic E-state index is 0.178. The molecule has 2 aromatic rings. The second-order valence-corrected chi connectivity index (χ2v) is 9.19. The smallest absolute Gasteiger partial charge is 0.319 e. The first kappa shape index (κ1) is 17.1. The first-order valence-electron chi connectivity index (χ1n) is 7.71. The number of nitrogens with one attached hydrogen (secondary N) is 2. The van der Waals surface area contributed by atoms with Gasteiger partial charge in [0.2, 0.25) is 10.0 Å². The summed E-state index contributed by atoms with van der Waals surface area (Å²) in [7, 11) is -3.22. The van der Waals surface area contributed by atoms with E-state index in [0.717, 1.165) is 28.1 Å². The summed E-state index contributed by atoms with van der Waals surface area (Å²) in [5.74, 6) is 0. The molecule has 1 saturated heterocycles. The molecule has 0 bridgehead atoms. The molecule has 1 aromatic carbocycles. The summed E-state index contributed by atoms with van der Waals surface area (Å²) in [5.41, 5.74) is 1.61. The normalized spacial score (nSPS) is 19.3. The van der Waals surface area contributed by atoms with Crippen LogP contribution >= 0.6 is 11.3 Å². The molecule has 1 unspecified atom stereocenters. The van der Waals surface area contributed by atoms with Gasteiger partial charge in [0.05, 0.1) is 21.5 Å². The van der Waals surface area contributed by atoms with Gasteiger partial charge >= 0.3 is 6.03 Å². The van der Waals surface area contributed by atoms with Crippen molar-refractivity contribution in [1.29, 1.82) is 0 Å². The number of nitrogens with zero attached hydrogens (tertiary/aromatic N) is 2. The molecule has 0 saturated carbocycles. The number of urea groups is 1. The van der Waals surface area contributed by atoms with E-state index in [1.165, 1.54) is 10.6 Å². The maximum Gasteiger partial charge on any atom is 0.319 e. The van der Waals surface area contributed by atoms with E-state index in [0.29, 0.717) is 18.8 Å². The monoisotopic (exact) mass is 368 g/mol. The molecule has 0 spiro atoms. The quantitative estimate of drug-likeness (QED) is 0.868. The van der Waals surface area contributed by atoms with Crippen LogP contribution in [0.5, 0.6) is 0 Å². The van der Waals surface area contributed by atoms with Crippen LogP contribution in [0.2, 0.25) is 0 Å². The van der Waals surface area contributed by atoms with Crippen molar-refractivity contribution >= 4 is 43.3 Å². The number of carbonyl (C=O) groups excluding carboxylic acids is 1. The van der Waals surface area contributed by atoms with E-state index in [1.807, 2.05) is 25.1 Å². The molecule has 0 radical (unpaired) electrons. The lowest BCUT2D eigenvalue weighted by Crippen LogP contribution is -2.50. The lowest BCUT2D eigenvalue weighted by Gasteiger charge is -2.31. The van der Waals surface area contributed by atoms with Gasteiger partial charge in [-0.15, -0.1) is 11.3 Å². The highest BCUT2D eigenvalue weighted by atomic mass is 32.2. The second kappa shape index (κ2) is 6.66. The van der Waals surface area contributed by atoms with Crippen LogP contribution in [0.1, 0.15) is 17.8 Å². The van der Waals surface area contributed by atoms with Gasteiger partial charge in [0, 0.05) is 24.8 Å². The van der Waals surface area contributed by atoms with Gasteiger partial charge in [-0.1, -0.05) is 0 Å². The van der Waals surface area contributed by atoms with Crippen molar-refractivity contribution in [1.82, 2.24) is 14.6 Å². The predicted octanol–water partition coefficient (Wildman–Crippen LogP) is 2.15. The van der Waals surface area contributed by atoms with Crippen LogP contribution in [-0.4, -0.2) is 49.1 Å². The lowest BCUT2D eigenvalue weighted by molar-refractivity contribution is 0.236. The number of rotatable bonds is 3. The number of piperidine rings is 1. The van der Waals surface area contributed by atoms with Crippen molar-refractivity contribution in [3.8, 4) is 0 Å². The van der Waals surface area contributed by atoms with E-state index in [2.05, 4.69) is 15.6 Å². The molecule has 2 N–H and O–H groups in total. The minimum atomic E-state index is -3.22. The highest BCUT2D eigenvalue weighted by Crippen LogP contribution is 2.24. The van der Waals surface area contributed by atoms with Gasteiger partial charge in [-0.2, -0.15) is 0 Å². The zero-order valence-corrected chi connectivity index (χ0v) is 15.2. The fourth-order valence-corrected chi connectivity index (χ4v) is 4.61. The molecule has 1 aliphatic rings. The SMILES string of the molecule is Cc1nc2ccc(NC(=O)NC3CCCN(S(C)(=O)=O)C3)cc2s1. The van der Waals surface area contributed by atoms with Crippen LogP contribution in [0.25, 0.3) is 10.2 Å². The van der Waals surface area contributed by atoms with Crippen molar-refractivity contribution in [2.45, 2.75) is 25.8 Å². The summed E-state index contributed by atoms with van der Waals surface area (Å²) in [5, 5.41) is 6.64. The fraction of sp³-hybridized carbons (Fsp3) is 0.467. The van der Waals surface area contributed by atoms with Gasteiger partial charge in [-0.3, -0.25) is 0 Å². The Balaban J connectivity index is 1.62. The van der Waals surface area contributed by atoms with E-state index < -0.39 is 10.0 Å². The Morgan fingerprint density at radius 1 is 1.42 bits per heavy atom. The average Bonchev–Trinajstić information content (AvgIpc) is 2.86. The molecule has 2 heterocycles. The molecule has 2 amide bonds. The maximum absolute atomic E-state index is 12.2. The Hall–Kier alpha value is -1.71. The number of thiazole rings is 1. The second-order valence-electron chi connectivity index (χ2n) is 5.97. The van der Waals surface area contributed by atoms with Crippen molar-refractivity contribution in [2.75, 3.05) is 24.7 Å². The number of aromatic nitrogens is 1. The summed E-state index contributed by atoms with van der Waals surface area (Å²) in [4.78, 5) is 16.6. The molecule has 9 heteroatoms. The number of benzene rings is 1. The Morgan fingerprint density at radius 3 is 2.96 bits per heavy atom. The van der Waals surface area contributed by atoms with Crippen molar-refractivity contribution in [2.24, 2.45) is 0 Å². The topological polar surface area (TPSA) is 91.4 Å². The van der Waals surface area contributed by atoms with Crippen LogP contribution in [0, 0.1) is 6.92 Å². The summed E-state index contributed by atoms with van der Waals surface area (Å²) < 4.78 is 25.7. The molecule has 24 heavy (non-hydrogen) atoms. The standard InChI is InChI=1S/C15H20N4O3S2/c1-10-16-13-6-5-11(8-14(13)23-10)17-15(20)18-12-4-3-7-19(9-12)24(2,21)22/h5-6,8,12H,3-4,7,9H2,1-2H3,(H2,17,18,20). The fourth-order valence-electron chi connectivity index (χ4n) is 2.83. The van der Waals surface area contributed by atoms with Crippen molar-refractivity contribution in [3.05, 3.63) is 23.2 Å². The molecule has 130 valence electrons. The molecule has 1 aromatic heterocycles. The van der Waals surface area contributed by atoms with Gasteiger partial charge in [0.25, 0.3) is 0 Å². The third kappa shape index (κ3) is 4.03. The third-order valence-electron chi connectivity index (χ3n) is 3.94. The average molecular weight is 368 g/mol. The molecule has 1 atom stereocenters. The number of fused-ring (bicyclic) bond motifs is 1. The van der Waals surface area contributed by atoms with Crippen LogP contribution in [0.3, 0.4) is 0 Å². The molecular formula is C15H20N4O3S2. The van der Waals surface area contributed by atoms with Crippen molar-refractivity contribution in [3.63, 3.8) is 0 Å². The van der Waals surface area contributed by atoms with Crippen LogP contribution in [-0.2, 0) is 10.0 Å². The summed E-state index contributed by atoms with van der Waals surface area (Å²) in [6.45, 7) is 2.78. The molecule has 7 nitrogen and oxygen atoms in total. The first-order valence-corrected chi connectivity index (χ1v) is 10.4. The molecule has 0 aliphatic carbocycles. The Kier molecular flexibility index (Phi) is 4.75. The van der Waals surface area contributed by atoms with Crippen LogP contribution < -0.4 is 10.6 Å². The Morgan fingerprint density at radius 2 is 2.21 bits per heavy atom. The number of aryl methyl sites for hydroxylation is 1. The number of hydrogen-bond acceptors (Lipinski definition) is 5. The Labute approximate surface area is 145 Å². The highest BCUT2D eigenvalue weighted by molar-refractivity contribution is 7.88. The first-order chi connectivity index (χ1) is 11.3. The third-order valence-corrected chi connectivity index (χ3v) is 6.14. The van der Waals surface area contributed by atoms with Gasteiger partial charge in [-0.25, -0.2) is 22.5 Å². The number of carbonyl (C=O) groups is 1. The Bertz CT molecular complexity index is 863. The molecular weight excluding hydrogens is 348 g/mol. The predicted molar refractivity (Wildman–Crippen MR) is 96.0 cm³/mol. The summed E-state index contributed by atoms with van der Waals surface area (Å²) >= 11 is 1.58. The number of sulfonamides is 1. The lowest BCUT2D eigenvalue weighted by atomic mass is 10.1. The van der Waals surface area contributed by atoms with Crippen LogP contribution in [0.15, 0.2) is 18.2 Å². The van der Waals surface area contributed by atoms with E-state index in [4.69, 9.17) is 0 Å².